The van der Waals surface area contributed by atoms with Crippen LogP contribution in [0.15, 0.2) is 48.7 Å². The number of aromatic nitrogens is 2. The number of benzene rings is 1. The minimum atomic E-state index is -0.402. The zero-order valence-corrected chi connectivity index (χ0v) is 15.8. The van der Waals surface area contributed by atoms with Gasteiger partial charge in [-0.15, -0.1) is 0 Å². The fourth-order valence-electron chi connectivity index (χ4n) is 2.71. The largest absolute Gasteiger partial charge is 0.348 e. The molecular weight excluding hydrogens is 361 g/mol. The lowest BCUT2D eigenvalue weighted by atomic mass is 10.2. The van der Waals surface area contributed by atoms with Crippen molar-refractivity contribution in [1.82, 2.24) is 24.9 Å². The zero-order valence-electron chi connectivity index (χ0n) is 15.8. The van der Waals surface area contributed by atoms with Gasteiger partial charge in [-0.05, 0) is 43.9 Å². The maximum atomic E-state index is 13.0. The number of likely N-dealkylation sites (N-methyl/N-ethyl adjacent to an activating group) is 1. The number of pyridine rings is 1. The monoisotopic (exact) mass is 383 g/mol. The average molecular weight is 383 g/mol. The number of hydrogen-bond donors (Lipinski definition) is 2. The Balaban J connectivity index is 1.78. The molecule has 0 bridgehead atoms. The molecule has 1 aromatic carbocycles. The molecule has 0 fully saturated rings. The zero-order chi connectivity index (χ0) is 20.1. The van der Waals surface area contributed by atoms with E-state index in [9.17, 15) is 14.0 Å². The standard InChI is InChI=1S/C20H22FN5O2/c1-25(2)12-10-22-20(28)18-24-17(16-5-3-4-11-26(16)18)19(27)23-13-14-6-8-15(21)9-7-14/h3-9,11H,10,12-13H2,1-2H3,(H,22,28)(H,23,27). The van der Waals surface area contributed by atoms with Gasteiger partial charge in [-0.3, -0.25) is 14.0 Å². The van der Waals surface area contributed by atoms with Crippen LogP contribution in [0.1, 0.15) is 26.7 Å². The molecule has 2 amide bonds. The number of amides is 2. The van der Waals surface area contributed by atoms with Gasteiger partial charge in [-0.2, -0.15) is 0 Å². The number of nitrogens with zero attached hydrogens (tertiary/aromatic N) is 3. The molecular formula is C20H22FN5O2. The molecule has 7 nitrogen and oxygen atoms in total. The summed E-state index contributed by atoms with van der Waals surface area (Å²) in [6.07, 6.45) is 1.69. The van der Waals surface area contributed by atoms with Gasteiger partial charge >= 0.3 is 0 Å². The first-order valence-corrected chi connectivity index (χ1v) is 8.88. The summed E-state index contributed by atoms with van der Waals surface area (Å²) >= 11 is 0. The van der Waals surface area contributed by atoms with E-state index in [1.165, 1.54) is 12.1 Å². The second-order valence-corrected chi connectivity index (χ2v) is 6.61. The van der Waals surface area contributed by atoms with Crippen LogP contribution < -0.4 is 10.6 Å². The third-order valence-corrected chi connectivity index (χ3v) is 4.18. The van der Waals surface area contributed by atoms with Crippen molar-refractivity contribution >= 4 is 17.3 Å². The van der Waals surface area contributed by atoms with E-state index in [2.05, 4.69) is 15.6 Å². The third kappa shape index (κ3) is 4.52. The molecule has 28 heavy (non-hydrogen) atoms. The van der Waals surface area contributed by atoms with Crippen molar-refractivity contribution in [3.8, 4) is 0 Å². The van der Waals surface area contributed by atoms with Crippen LogP contribution in [-0.2, 0) is 6.54 Å². The lowest BCUT2D eigenvalue weighted by Crippen LogP contribution is -2.32. The van der Waals surface area contributed by atoms with E-state index in [-0.39, 0.29) is 29.8 Å². The quantitative estimate of drug-likeness (QED) is 0.651. The van der Waals surface area contributed by atoms with Crippen molar-refractivity contribution < 1.29 is 14.0 Å². The summed E-state index contributed by atoms with van der Waals surface area (Å²) in [5.74, 6) is -0.928. The Kier molecular flexibility index (Phi) is 6.00. The molecule has 0 radical (unpaired) electrons. The summed E-state index contributed by atoms with van der Waals surface area (Å²) in [5, 5.41) is 5.57. The van der Waals surface area contributed by atoms with E-state index in [0.29, 0.717) is 18.6 Å². The molecule has 0 saturated carbocycles. The number of carbonyl (C=O) groups excluding carboxylic acids is 2. The normalized spacial score (nSPS) is 11.0. The van der Waals surface area contributed by atoms with E-state index in [1.54, 1.807) is 40.9 Å². The topological polar surface area (TPSA) is 78.7 Å². The molecule has 146 valence electrons. The number of imidazole rings is 1. The van der Waals surface area contributed by atoms with Gasteiger partial charge in [0.2, 0.25) is 5.82 Å². The summed E-state index contributed by atoms with van der Waals surface area (Å²) in [7, 11) is 3.83. The van der Waals surface area contributed by atoms with Gasteiger partial charge in [-0.25, -0.2) is 9.37 Å². The molecule has 0 atom stereocenters. The van der Waals surface area contributed by atoms with Crippen molar-refractivity contribution in [1.29, 1.82) is 0 Å². The fourth-order valence-corrected chi connectivity index (χ4v) is 2.71. The predicted octanol–water partition coefficient (Wildman–Crippen LogP) is 1.69. The van der Waals surface area contributed by atoms with E-state index < -0.39 is 5.91 Å². The molecule has 2 N–H and O–H groups in total. The second-order valence-electron chi connectivity index (χ2n) is 6.61. The molecule has 0 aliphatic carbocycles. The van der Waals surface area contributed by atoms with Crippen LogP contribution in [0, 0.1) is 5.82 Å². The molecule has 3 rings (SSSR count). The summed E-state index contributed by atoms with van der Waals surface area (Å²) in [4.78, 5) is 31.4. The van der Waals surface area contributed by atoms with Crippen LogP contribution in [0.4, 0.5) is 4.39 Å². The Morgan fingerprint density at radius 1 is 1.07 bits per heavy atom. The molecule has 0 unspecified atom stereocenters. The highest BCUT2D eigenvalue weighted by atomic mass is 19.1. The average Bonchev–Trinajstić information content (AvgIpc) is 3.07. The van der Waals surface area contributed by atoms with Gasteiger partial charge in [0.1, 0.15) is 5.82 Å². The van der Waals surface area contributed by atoms with Crippen LogP contribution in [-0.4, -0.2) is 53.3 Å². The van der Waals surface area contributed by atoms with Crippen LogP contribution in [0.5, 0.6) is 0 Å². The highest BCUT2D eigenvalue weighted by molar-refractivity contribution is 6.02. The number of halogens is 1. The Labute approximate surface area is 162 Å². The van der Waals surface area contributed by atoms with Crippen LogP contribution in [0.25, 0.3) is 5.52 Å². The van der Waals surface area contributed by atoms with E-state index >= 15 is 0 Å². The second kappa shape index (κ2) is 8.62. The van der Waals surface area contributed by atoms with E-state index in [1.807, 2.05) is 19.0 Å². The van der Waals surface area contributed by atoms with Gasteiger partial charge in [-0.1, -0.05) is 18.2 Å². The first kappa shape index (κ1) is 19.5. The number of nitrogens with one attached hydrogen (secondary N) is 2. The third-order valence-electron chi connectivity index (χ3n) is 4.18. The van der Waals surface area contributed by atoms with Crippen LogP contribution >= 0.6 is 0 Å². The van der Waals surface area contributed by atoms with Gasteiger partial charge in [0.15, 0.2) is 5.69 Å². The van der Waals surface area contributed by atoms with Crippen molar-refractivity contribution in [3.05, 3.63) is 71.6 Å². The van der Waals surface area contributed by atoms with Crippen LogP contribution in [0.2, 0.25) is 0 Å². The van der Waals surface area contributed by atoms with Crippen molar-refractivity contribution in [2.45, 2.75) is 6.54 Å². The molecule has 2 aromatic heterocycles. The van der Waals surface area contributed by atoms with Crippen molar-refractivity contribution in [2.24, 2.45) is 0 Å². The van der Waals surface area contributed by atoms with Gasteiger partial charge in [0, 0.05) is 25.8 Å². The highest BCUT2D eigenvalue weighted by Crippen LogP contribution is 2.14. The first-order valence-electron chi connectivity index (χ1n) is 8.88. The maximum absolute atomic E-state index is 13.0. The molecule has 0 saturated heterocycles. The lowest BCUT2D eigenvalue weighted by Gasteiger charge is -2.09. The number of rotatable bonds is 7. The minimum absolute atomic E-state index is 0.154. The summed E-state index contributed by atoms with van der Waals surface area (Å²) in [6.45, 7) is 1.40. The van der Waals surface area contributed by atoms with Crippen molar-refractivity contribution in [3.63, 3.8) is 0 Å². The Morgan fingerprint density at radius 3 is 2.54 bits per heavy atom. The number of fused-ring (bicyclic) bond motifs is 1. The molecule has 3 aromatic rings. The van der Waals surface area contributed by atoms with Gasteiger partial charge in [0.05, 0.1) is 5.52 Å². The van der Waals surface area contributed by atoms with E-state index in [4.69, 9.17) is 0 Å². The van der Waals surface area contributed by atoms with Crippen molar-refractivity contribution in [2.75, 3.05) is 27.2 Å². The van der Waals surface area contributed by atoms with Crippen LogP contribution in [0.3, 0.4) is 0 Å². The van der Waals surface area contributed by atoms with Gasteiger partial charge < -0.3 is 15.5 Å². The minimum Gasteiger partial charge on any atom is -0.348 e. The molecule has 2 heterocycles. The molecule has 8 heteroatoms. The fraction of sp³-hybridized carbons (Fsp3) is 0.250. The summed E-state index contributed by atoms with van der Waals surface area (Å²) in [6, 6.07) is 11.2. The summed E-state index contributed by atoms with van der Waals surface area (Å²) < 4.78 is 14.6. The summed E-state index contributed by atoms with van der Waals surface area (Å²) in [5.41, 5.74) is 1.47. The Bertz CT molecular complexity index is 982. The predicted molar refractivity (Wildman–Crippen MR) is 104 cm³/mol. The first-order chi connectivity index (χ1) is 13.5. The maximum Gasteiger partial charge on any atom is 0.287 e. The molecule has 0 spiro atoms. The molecule has 0 aliphatic heterocycles. The Hall–Kier alpha value is -3.26. The number of hydrogen-bond acceptors (Lipinski definition) is 4. The number of carbonyl (C=O) groups is 2. The molecule has 0 aliphatic rings. The Morgan fingerprint density at radius 2 is 1.82 bits per heavy atom. The SMILES string of the molecule is CN(C)CCNC(=O)c1nc(C(=O)NCc2ccc(F)cc2)c2ccccn12. The van der Waals surface area contributed by atoms with Gasteiger partial charge in [0.25, 0.3) is 11.8 Å². The highest BCUT2D eigenvalue weighted by Gasteiger charge is 2.21. The van der Waals surface area contributed by atoms with E-state index in [0.717, 1.165) is 5.56 Å². The smallest absolute Gasteiger partial charge is 0.287 e. The lowest BCUT2D eigenvalue weighted by molar-refractivity contribution is 0.0940.